The largest absolute Gasteiger partial charge is 0.307 e. The van der Waals surface area contributed by atoms with Crippen LogP contribution in [0.5, 0.6) is 0 Å². The highest BCUT2D eigenvalue weighted by atomic mass is 32.2. The average molecular weight is 249 g/mol. The van der Waals surface area contributed by atoms with E-state index in [1.165, 1.54) is 16.0 Å². The molecular weight excluding hydrogens is 226 g/mol. The minimum Gasteiger partial charge on any atom is -0.307 e. The molecule has 0 fully saturated rings. The summed E-state index contributed by atoms with van der Waals surface area (Å²) < 4.78 is 0. The minimum atomic E-state index is 0.288. The lowest BCUT2D eigenvalue weighted by Crippen LogP contribution is -2.22. The maximum absolute atomic E-state index is 4.08. The highest BCUT2D eigenvalue weighted by Crippen LogP contribution is 2.24. The van der Waals surface area contributed by atoms with Crippen LogP contribution in [0.15, 0.2) is 41.3 Å². The van der Waals surface area contributed by atoms with E-state index in [4.69, 9.17) is 0 Å². The van der Waals surface area contributed by atoms with Gasteiger partial charge in [0.1, 0.15) is 0 Å². The topological polar surface area (TPSA) is 12.0 Å². The normalized spacial score (nSPS) is 12.4. The van der Waals surface area contributed by atoms with E-state index in [0.717, 1.165) is 18.7 Å². The second-order valence-corrected chi connectivity index (χ2v) is 5.57. The predicted octanol–water partition coefficient (Wildman–Crippen LogP) is 4.42. The number of thioether (sulfide) groups is 1. The molecule has 1 atom stereocenters. The van der Waals surface area contributed by atoms with E-state index in [9.17, 15) is 0 Å². The molecule has 0 saturated carbocycles. The lowest BCUT2D eigenvalue weighted by molar-refractivity contribution is 0.591. The first kappa shape index (κ1) is 14.3. The summed E-state index contributed by atoms with van der Waals surface area (Å²) in [6.07, 6.45) is 1.15. The molecule has 2 heteroatoms. The van der Waals surface area contributed by atoms with E-state index >= 15 is 0 Å². The number of rotatable bonds is 7. The number of hydrogen-bond donors (Lipinski definition) is 1. The van der Waals surface area contributed by atoms with Gasteiger partial charge in [0.2, 0.25) is 0 Å². The van der Waals surface area contributed by atoms with Crippen molar-refractivity contribution >= 4 is 11.8 Å². The van der Waals surface area contributed by atoms with Crippen LogP contribution in [0, 0.1) is 0 Å². The lowest BCUT2D eigenvalue weighted by atomic mass is 10.0. The van der Waals surface area contributed by atoms with Gasteiger partial charge in [-0.25, -0.2) is 0 Å². The Kier molecular flexibility index (Phi) is 6.38. The summed E-state index contributed by atoms with van der Waals surface area (Å²) in [6, 6.07) is 9.11. The molecule has 0 aliphatic heterocycles. The van der Waals surface area contributed by atoms with Crippen LogP contribution in [0.25, 0.3) is 0 Å². The molecule has 0 radical (unpaired) electrons. The first-order valence-corrected chi connectivity index (χ1v) is 7.29. The number of hydrogen-bond acceptors (Lipinski definition) is 2. The van der Waals surface area contributed by atoms with Crippen LogP contribution in [0.2, 0.25) is 0 Å². The Bertz CT molecular complexity index is 342. The Balaban J connectivity index is 2.76. The fraction of sp³-hybridized carbons (Fsp3) is 0.467. The highest BCUT2D eigenvalue weighted by Gasteiger charge is 2.10. The third-order valence-corrected chi connectivity index (χ3v) is 3.51. The Morgan fingerprint density at radius 3 is 2.41 bits per heavy atom. The van der Waals surface area contributed by atoms with E-state index in [-0.39, 0.29) is 6.04 Å². The molecule has 0 aromatic heterocycles. The minimum absolute atomic E-state index is 0.288. The fourth-order valence-corrected chi connectivity index (χ4v) is 2.45. The van der Waals surface area contributed by atoms with Crippen molar-refractivity contribution in [2.45, 2.75) is 38.1 Å². The Morgan fingerprint density at radius 2 is 1.94 bits per heavy atom. The molecule has 94 valence electrons. The third-order valence-electron chi connectivity index (χ3n) is 2.62. The summed E-state index contributed by atoms with van der Waals surface area (Å²) in [4.78, 5) is 1.34. The monoisotopic (exact) mass is 249 g/mol. The average Bonchev–Trinajstić information content (AvgIpc) is 2.31. The maximum Gasteiger partial charge on any atom is 0.0530 e. The SMILES string of the molecule is C=C(C)C(NCCC)c1ccc(SCC)cc1. The zero-order valence-electron chi connectivity index (χ0n) is 11.1. The summed E-state index contributed by atoms with van der Waals surface area (Å²) in [5.41, 5.74) is 2.49. The summed E-state index contributed by atoms with van der Waals surface area (Å²) in [7, 11) is 0. The van der Waals surface area contributed by atoms with Crippen LogP contribution in [0.3, 0.4) is 0 Å². The zero-order valence-corrected chi connectivity index (χ0v) is 11.9. The van der Waals surface area contributed by atoms with Crippen LogP contribution in [0.1, 0.15) is 38.8 Å². The molecule has 1 nitrogen and oxygen atoms in total. The second kappa shape index (κ2) is 7.57. The summed E-state index contributed by atoms with van der Waals surface area (Å²) in [5, 5.41) is 3.53. The number of benzene rings is 1. The summed E-state index contributed by atoms with van der Waals surface area (Å²) in [6.45, 7) is 11.6. The van der Waals surface area contributed by atoms with Gasteiger partial charge in [-0.3, -0.25) is 0 Å². The molecule has 0 aliphatic rings. The highest BCUT2D eigenvalue weighted by molar-refractivity contribution is 7.99. The van der Waals surface area contributed by atoms with Crippen molar-refractivity contribution in [2.24, 2.45) is 0 Å². The lowest BCUT2D eigenvalue weighted by Gasteiger charge is -2.19. The van der Waals surface area contributed by atoms with Crippen molar-refractivity contribution in [3.05, 3.63) is 42.0 Å². The number of nitrogens with one attached hydrogen (secondary N) is 1. The van der Waals surface area contributed by atoms with Crippen molar-refractivity contribution in [1.29, 1.82) is 0 Å². The molecule has 0 aliphatic carbocycles. The molecule has 1 aromatic carbocycles. The van der Waals surface area contributed by atoms with Crippen LogP contribution in [-0.2, 0) is 0 Å². The van der Waals surface area contributed by atoms with Gasteiger partial charge in [0, 0.05) is 4.90 Å². The van der Waals surface area contributed by atoms with E-state index < -0.39 is 0 Å². The van der Waals surface area contributed by atoms with E-state index in [1.807, 2.05) is 11.8 Å². The van der Waals surface area contributed by atoms with Gasteiger partial charge in [-0.2, -0.15) is 0 Å². The van der Waals surface area contributed by atoms with Gasteiger partial charge in [-0.05, 0) is 43.3 Å². The Hall–Kier alpha value is -0.730. The summed E-state index contributed by atoms with van der Waals surface area (Å²) in [5.74, 6) is 1.12. The van der Waals surface area contributed by atoms with Crippen molar-refractivity contribution < 1.29 is 0 Å². The molecule has 0 spiro atoms. The quantitative estimate of drug-likeness (QED) is 0.567. The van der Waals surface area contributed by atoms with Gasteiger partial charge >= 0.3 is 0 Å². The van der Waals surface area contributed by atoms with Crippen LogP contribution in [0.4, 0.5) is 0 Å². The molecule has 0 bridgehead atoms. The van der Waals surface area contributed by atoms with E-state index in [0.29, 0.717) is 0 Å². The molecule has 0 amide bonds. The van der Waals surface area contributed by atoms with Gasteiger partial charge in [0.05, 0.1) is 6.04 Å². The second-order valence-electron chi connectivity index (χ2n) is 4.24. The Labute approximate surface area is 110 Å². The maximum atomic E-state index is 4.08. The van der Waals surface area contributed by atoms with Gasteiger partial charge in [0.15, 0.2) is 0 Å². The predicted molar refractivity (Wildman–Crippen MR) is 78.7 cm³/mol. The molecule has 1 rings (SSSR count). The smallest absolute Gasteiger partial charge is 0.0530 e. The molecule has 1 N–H and O–H groups in total. The zero-order chi connectivity index (χ0) is 12.7. The standard InChI is InChI=1S/C15H23NS/c1-5-11-16-15(12(3)4)13-7-9-14(10-8-13)17-6-2/h7-10,15-16H,3,5-6,11H2,1-2,4H3. The molecule has 17 heavy (non-hydrogen) atoms. The molecule has 0 saturated heterocycles. The first-order valence-electron chi connectivity index (χ1n) is 6.30. The van der Waals surface area contributed by atoms with Crippen LogP contribution < -0.4 is 5.32 Å². The van der Waals surface area contributed by atoms with Gasteiger partial charge in [-0.15, -0.1) is 11.8 Å². The van der Waals surface area contributed by atoms with Crippen LogP contribution >= 0.6 is 11.8 Å². The molecule has 1 aromatic rings. The van der Waals surface area contributed by atoms with Crippen molar-refractivity contribution in [1.82, 2.24) is 5.32 Å². The van der Waals surface area contributed by atoms with Gasteiger partial charge < -0.3 is 5.32 Å². The summed E-state index contributed by atoms with van der Waals surface area (Å²) >= 11 is 1.88. The van der Waals surface area contributed by atoms with Crippen molar-refractivity contribution in [2.75, 3.05) is 12.3 Å². The van der Waals surface area contributed by atoms with E-state index in [1.54, 1.807) is 0 Å². The fourth-order valence-electron chi connectivity index (χ4n) is 1.79. The van der Waals surface area contributed by atoms with Crippen molar-refractivity contribution in [3.63, 3.8) is 0 Å². The third kappa shape index (κ3) is 4.57. The molecule has 0 heterocycles. The van der Waals surface area contributed by atoms with Crippen LogP contribution in [-0.4, -0.2) is 12.3 Å². The van der Waals surface area contributed by atoms with Crippen molar-refractivity contribution in [3.8, 4) is 0 Å². The van der Waals surface area contributed by atoms with E-state index in [2.05, 4.69) is 56.9 Å². The van der Waals surface area contributed by atoms with Gasteiger partial charge in [0.25, 0.3) is 0 Å². The molecule has 1 unspecified atom stereocenters. The molecular formula is C15H23NS. The first-order chi connectivity index (χ1) is 8.19. The Morgan fingerprint density at radius 1 is 1.29 bits per heavy atom. The van der Waals surface area contributed by atoms with Gasteiger partial charge in [-0.1, -0.05) is 38.1 Å².